The van der Waals surface area contributed by atoms with E-state index < -0.39 is 11.0 Å². The fourth-order valence-electron chi connectivity index (χ4n) is 2.39. The number of terminal acetylenes is 1. The highest BCUT2D eigenvalue weighted by Crippen LogP contribution is 2.51. The van der Waals surface area contributed by atoms with Gasteiger partial charge in [-0.05, 0) is 13.3 Å². The van der Waals surface area contributed by atoms with Crippen LogP contribution in [-0.4, -0.2) is 29.2 Å². The largest absolute Gasteiger partial charge is 0.386 e. The van der Waals surface area contributed by atoms with E-state index >= 15 is 0 Å². The summed E-state index contributed by atoms with van der Waals surface area (Å²) < 4.78 is 5.11. The second kappa shape index (κ2) is 2.82. The number of hydrogen-bond donors (Lipinski definition) is 1. The van der Waals surface area contributed by atoms with Crippen LogP contribution in [0.1, 0.15) is 26.2 Å². The van der Waals surface area contributed by atoms with Crippen LogP contribution in [0, 0.1) is 17.8 Å². The number of ether oxygens (including phenoxy) is 1. The van der Waals surface area contributed by atoms with Crippen LogP contribution in [0.5, 0.6) is 0 Å². The summed E-state index contributed by atoms with van der Waals surface area (Å²) >= 11 is 0. The minimum Gasteiger partial charge on any atom is -0.386 e. The molecule has 3 heteroatoms. The minimum atomic E-state index is -1.03. The number of aliphatic hydroxyl groups is 1. The van der Waals surface area contributed by atoms with Crippen LogP contribution >= 0.6 is 0 Å². The summed E-state index contributed by atoms with van der Waals surface area (Å²) in [6.45, 7) is 2.30. The van der Waals surface area contributed by atoms with Gasteiger partial charge in [-0.3, -0.25) is 4.79 Å². The summed E-state index contributed by atoms with van der Waals surface area (Å²) in [6, 6.07) is 0. The molecule has 0 bridgehead atoms. The predicted octanol–water partition coefficient (Wildman–Crippen LogP) is 0.509. The molecule has 0 unspecified atom stereocenters. The van der Waals surface area contributed by atoms with Crippen molar-refractivity contribution in [1.29, 1.82) is 0 Å². The molecule has 1 aliphatic heterocycles. The van der Waals surface area contributed by atoms with Crippen molar-refractivity contribution < 1.29 is 14.6 Å². The van der Waals surface area contributed by atoms with Crippen molar-refractivity contribution in [2.24, 2.45) is 5.41 Å². The summed E-state index contributed by atoms with van der Waals surface area (Å²) in [5.74, 6) is 2.55. The van der Waals surface area contributed by atoms with Crippen LogP contribution in [0.4, 0.5) is 0 Å². The van der Waals surface area contributed by atoms with Crippen molar-refractivity contribution in [2.45, 2.75) is 37.9 Å². The SMILES string of the molecule is C#CC[C@@]1(C)C(=O)CC[C@@]1(O)[C@@H]1CO1. The molecule has 1 heterocycles. The normalized spacial score (nSPS) is 46.4. The van der Waals surface area contributed by atoms with Gasteiger partial charge in [-0.1, -0.05) is 0 Å². The first-order valence-corrected chi connectivity index (χ1v) is 4.85. The van der Waals surface area contributed by atoms with E-state index in [1.807, 2.05) is 0 Å². The third kappa shape index (κ3) is 1.05. The second-order valence-electron chi connectivity index (χ2n) is 4.38. The Morgan fingerprint density at radius 1 is 1.79 bits per heavy atom. The molecule has 3 atom stereocenters. The number of Topliss-reactive ketones (excluding diaryl/α,β-unsaturated/α-hetero) is 1. The van der Waals surface area contributed by atoms with Gasteiger partial charge in [-0.15, -0.1) is 12.3 Å². The van der Waals surface area contributed by atoms with E-state index in [0.29, 0.717) is 25.9 Å². The lowest BCUT2D eigenvalue weighted by Crippen LogP contribution is -2.49. The van der Waals surface area contributed by atoms with Crippen molar-refractivity contribution >= 4 is 5.78 Å². The molecule has 3 nitrogen and oxygen atoms in total. The van der Waals surface area contributed by atoms with Gasteiger partial charge < -0.3 is 9.84 Å². The van der Waals surface area contributed by atoms with Crippen molar-refractivity contribution in [2.75, 3.05) is 6.61 Å². The molecule has 2 aliphatic rings. The van der Waals surface area contributed by atoms with E-state index in [4.69, 9.17) is 11.2 Å². The second-order valence-corrected chi connectivity index (χ2v) is 4.38. The maximum Gasteiger partial charge on any atom is 0.142 e. The molecule has 0 aromatic carbocycles. The average molecular weight is 194 g/mol. The maximum atomic E-state index is 11.7. The average Bonchev–Trinajstić information content (AvgIpc) is 2.93. The molecule has 0 amide bonds. The van der Waals surface area contributed by atoms with Crippen LogP contribution in [0.2, 0.25) is 0 Å². The van der Waals surface area contributed by atoms with Crippen LogP contribution in [0.25, 0.3) is 0 Å². The quantitative estimate of drug-likeness (QED) is 0.514. The van der Waals surface area contributed by atoms with Gasteiger partial charge in [0.2, 0.25) is 0 Å². The zero-order valence-corrected chi connectivity index (χ0v) is 8.25. The Morgan fingerprint density at radius 2 is 2.43 bits per heavy atom. The number of ketones is 1. The number of rotatable bonds is 2. The standard InChI is InChI=1S/C11H14O3/c1-3-5-10(2)8(12)4-6-11(10,13)9-7-14-9/h1,9,13H,4-7H2,2H3/t9-,10-,11+/m0/s1. The summed E-state index contributed by atoms with van der Waals surface area (Å²) in [4.78, 5) is 11.7. The third-order valence-corrected chi connectivity index (χ3v) is 3.63. The van der Waals surface area contributed by atoms with Gasteiger partial charge in [-0.2, -0.15) is 0 Å². The van der Waals surface area contributed by atoms with Gasteiger partial charge in [0.25, 0.3) is 0 Å². The Kier molecular flexibility index (Phi) is 1.95. The molecule has 76 valence electrons. The summed E-state index contributed by atoms with van der Waals surface area (Å²) in [7, 11) is 0. The highest BCUT2D eigenvalue weighted by atomic mass is 16.6. The smallest absolute Gasteiger partial charge is 0.142 e. The zero-order valence-electron chi connectivity index (χ0n) is 8.25. The third-order valence-electron chi connectivity index (χ3n) is 3.63. The van der Waals surface area contributed by atoms with Gasteiger partial charge in [0.05, 0.1) is 12.0 Å². The molecular weight excluding hydrogens is 180 g/mol. The first-order valence-electron chi connectivity index (χ1n) is 4.85. The van der Waals surface area contributed by atoms with Crippen molar-refractivity contribution in [1.82, 2.24) is 0 Å². The van der Waals surface area contributed by atoms with E-state index in [0.717, 1.165) is 0 Å². The van der Waals surface area contributed by atoms with Crippen LogP contribution in [-0.2, 0) is 9.53 Å². The molecule has 0 radical (unpaired) electrons. The first kappa shape index (κ1) is 9.70. The summed E-state index contributed by atoms with van der Waals surface area (Å²) in [6.07, 6.45) is 6.24. The van der Waals surface area contributed by atoms with E-state index in [9.17, 15) is 9.90 Å². The molecule has 0 aromatic rings. The summed E-state index contributed by atoms with van der Waals surface area (Å²) in [5.41, 5.74) is -1.83. The molecule has 1 aliphatic carbocycles. The van der Waals surface area contributed by atoms with Gasteiger partial charge in [0.1, 0.15) is 17.5 Å². The van der Waals surface area contributed by atoms with Gasteiger partial charge in [-0.25, -0.2) is 0 Å². The van der Waals surface area contributed by atoms with Crippen LogP contribution < -0.4 is 0 Å². The van der Waals surface area contributed by atoms with Crippen molar-refractivity contribution in [3.05, 3.63) is 0 Å². The molecule has 1 N–H and O–H groups in total. The molecule has 2 fully saturated rings. The fraction of sp³-hybridized carbons (Fsp3) is 0.727. The highest BCUT2D eigenvalue weighted by Gasteiger charge is 2.63. The molecule has 2 rings (SSSR count). The Hall–Kier alpha value is -0.850. The Bertz CT molecular complexity index is 313. The maximum absolute atomic E-state index is 11.7. The Labute approximate surface area is 83.4 Å². The Morgan fingerprint density at radius 3 is 2.93 bits per heavy atom. The van der Waals surface area contributed by atoms with E-state index in [1.54, 1.807) is 6.92 Å². The fourth-order valence-corrected chi connectivity index (χ4v) is 2.39. The molecule has 0 aromatic heterocycles. The highest BCUT2D eigenvalue weighted by molar-refractivity contribution is 5.89. The van der Waals surface area contributed by atoms with Gasteiger partial charge in [0.15, 0.2) is 0 Å². The number of carbonyl (C=O) groups is 1. The topological polar surface area (TPSA) is 49.8 Å². The summed E-state index contributed by atoms with van der Waals surface area (Å²) in [5, 5.41) is 10.4. The van der Waals surface area contributed by atoms with Crippen molar-refractivity contribution in [3.63, 3.8) is 0 Å². The molecule has 1 saturated heterocycles. The lowest BCUT2D eigenvalue weighted by molar-refractivity contribution is -0.136. The Balaban J connectivity index is 2.33. The molecule has 0 spiro atoms. The van der Waals surface area contributed by atoms with Crippen LogP contribution in [0.3, 0.4) is 0 Å². The number of epoxide rings is 1. The molecule has 1 saturated carbocycles. The lowest BCUT2D eigenvalue weighted by atomic mass is 9.71. The van der Waals surface area contributed by atoms with E-state index in [1.165, 1.54) is 0 Å². The minimum absolute atomic E-state index is 0.0634. The van der Waals surface area contributed by atoms with Crippen molar-refractivity contribution in [3.8, 4) is 12.3 Å². The van der Waals surface area contributed by atoms with E-state index in [-0.39, 0.29) is 11.9 Å². The number of carbonyl (C=O) groups excluding carboxylic acids is 1. The lowest BCUT2D eigenvalue weighted by Gasteiger charge is -2.35. The first-order chi connectivity index (χ1) is 6.54. The van der Waals surface area contributed by atoms with Gasteiger partial charge >= 0.3 is 0 Å². The number of hydrogen-bond acceptors (Lipinski definition) is 3. The van der Waals surface area contributed by atoms with Gasteiger partial charge in [0, 0.05) is 12.8 Å². The van der Waals surface area contributed by atoms with Crippen LogP contribution in [0.15, 0.2) is 0 Å². The predicted molar refractivity (Wildman–Crippen MR) is 50.5 cm³/mol. The molecular formula is C11H14O3. The molecule has 14 heavy (non-hydrogen) atoms. The van der Waals surface area contributed by atoms with E-state index in [2.05, 4.69) is 5.92 Å². The zero-order chi connectivity index (χ0) is 10.4. The monoisotopic (exact) mass is 194 g/mol.